The van der Waals surface area contributed by atoms with Crippen molar-refractivity contribution in [3.8, 4) is 0 Å². The zero-order valence-electron chi connectivity index (χ0n) is 14.8. The molecule has 0 saturated carbocycles. The number of aryl methyl sites for hydroxylation is 2. The largest absolute Gasteiger partial charge is 0.384 e. The molecule has 0 bridgehead atoms. The van der Waals surface area contributed by atoms with E-state index in [9.17, 15) is 9.59 Å². The number of piperidine rings is 1. The Kier molecular flexibility index (Phi) is 4.66. The third kappa shape index (κ3) is 2.95. The Morgan fingerprint density at radius 2 is 2.04 bits per heavy atom. The normalized spacial score (nSPS) is 26.6. The average Bonchev–Trinajstić information content (AvgIpc) is 3.06. The molecule has 1 aromatic rings. The minimum Gasteiger partial charge on any atom is -0.384 e. The number of carbonyl (C=O) groups is 2. The molecule has 24 heavy (non-hydrogen) atoms. The Hall–Kier alpha value is -1.47. The van der Waals surface area contributed by atoms with Crippen molar-refractivity contribution in [2.45, 2.75) is 27.2 Å². The number of likely N-dealkylation sites (tertiary alicyclic amines) is 2. The van der Waals surface area contributed by atoms with Gasteiger partial charge in [-0.05, 0) is 20.3 Å². The van der Waals surface area contributed by atoms with E-state index in [0.29, 0.717) is 26.2 Å². The summed E-state index contributed by atoms with van der Waals surface area (Å²) >= 11 is 1.46. The maximum atomic E-state index is 12.9. The zero-order chi connectivity index (χ0) is 17.5. The molecule has 3 rings (SSSR count). The number of hydrogen-bond acceptors (Lipinski definition) is 5. The fraction of sp³-hybridized carbons (Fsp3) is 0.706. The Morgan fingerprint density at radius 1 is 1.33 bits per heavy atom. The van der Waals surface area contributed by atoms with E-state index in [2.05, 4.69) is 4.98 Å². The lowest BCUT2D eigenvalue weighted by Gasteiger charge is -2.42. The van der Waals surface area contributed by atoms with Gasteiger partial charge in [0, 0.05) is 51.5 Å². The monoisotopic (exact) mass is 351 g/mol. The van der Waals surface area contributed by atoms with Crippen LogP contribution in [0, 0.1) is 25.2 Å². The van der Waals surface area contributed by atoms with Crippen LogP contribution in [0.5, 0.6) is 0 Å². The highest BCUT2D eigenvalue weighted by Gasteiger charge is 2.51. The third-order valence-electron chi connectivity index (χ3n) is 5.40. The molecule has 6 nitrogen and oxygen atoms in total. The van der Waals surface area contributed by atoms with Gasteiger partial charge in [-0.25, -0.2) is 4.98 Å². The van der Waals surface area contributed by atoms with Crippen molar-refractivity contribution in [3.05, 3.63) is 15.6 Å². The molecule has 2 fully saturated rings. The SMILES string of the molecule is COC[C@@]12CCN(C(=O)c3sc(C)nc3C)C[C@@H]1CN(C(C)=O)C2. The number of aromatic nitrogens is 1. The van der Waals surface area contributed by atoms with E-state index >= 15 is 0 Å². The van der Waals surface area contributed by atoms with Crippen LogP contribution in [0.2, 0.25) is 0 Å². The summed E-state index contributed by atoms with van der Waals surface area (Å²) in [5.41, 5.74) is 0.795. The smallest absolute Gasteiger partial charge is 0.265 e. The minimum absolute atomic E-state index is 0.0180. The number of fused-ring (bicyclic) bond motifs is 1. The maximum absolute atomic E-state index is 12.9. The quantitative estimate of drug-likeness (QED) is 0.832. The Balaban J connectivity index is 1.78. The molecule has 2 amide bonds. The highest BCUT2D eigenvalue weighted by atomic mass is 32.1. The Morgan fingerprint density at radius 3 is 2.62 bits per heavy atom. The van der Waals surface area contributed by atoms with Gasteiger partial charge in [-0.2, -0.15) is 0 Å². The molecule has 0 aromatic carbocycles. The highest BCUT2D eigenvalue weighted by Crippen LogP contribution is 2.43. The van der Waals surface area contributed by atoms with E-state index in [1.165, 1.54) is 11.3 Å². The molecule has 2 atom stereocenters. The zero-order valence-corrected chi connectivity index (χ0v) is 15.6. The first-order valence-corrected chi connectivity index (χ1v) is 9.16. The van der Waals surface area contributed by atoms with Gasteiger partial charge in [0.1, 0.15) is 4.88 Å². The van der Waals surface area contributed by atoms with Crippen LogP contribution >= 0.6 is 11.3 Å². The van der Waals surface area contributed by atoms with Gasteiger partial charge < -0.3 is 14.5 Å². The summed E-state index contributed by atoms with van der Waals surface area (Å²) in [5, 5.41) is 0.921. The van der Waals surface area contributed by atoms with Gasteiger partial charge in [0.05, 0.1) is 17.3 Å². The summed E-state index contributed by atoms with van der Waals surface area (Å²) < 4.78 is 5.47. The number of methoxy groups -OCH3 is 1. The number of nitrogens with zero attached hydrogens (tertiary/aromatic N) is 3. The predicted molar refractivity (Wildman–Crippen MR) is 92.2 cm³/mol. The Labute approximate surface area is 146 Å². The van der Waals surface area contributed by atoms with E-state index in [1.807, 2.05) is 23.6 Å². The van der Waals surface area contributed by atoms with Crippen LogP contribution < -0.4 is 0 Å². The summed E-state index contributed by atoms with van der Waals surface area (Å²) in [6.07, 6.45) is 0.873. The molecule has 0 aliphatic carbocycles. The van der Waals surface area contributed by atoms with E-state index in [-0.39, 0.29) is 23.1 Å². The molecule has 7 heteroatoms. The van der Waals surface area contributed by atoms with E-state index in [4.69, 9.17) is 4.74 Å². The van der Waals surface area contributed by atoms with E-state index in [0.717, 1.165) is 28.5 Å². The van der Waals surface area contributed by atoms with Gasteiger partial charge in [-0.3, -0.25) is 9.59 Å². The predicted octanol–water partition coefficient (Wildman–Crippen LogP) is 1.72. The molecule has 3 heterocycles. The topological polar surface area (TPSA) is 62.7 Å². The molecule has 2 aliphatic heterocycles. The molecule has 1 aromatic heterocycles. The number of ether oxygens (including phenoxy) is 1. The van der Waals surface area contributed by atoms with Crippen molar-refractivity contribution in [2.75, 3.05) is 39.9 Å². The van der Waals surface area contributed by atoms with Crippen molar-refractivity contribution in [1.82, 2.24) is 14.8 Å². The number of thiazole rings is 1. The lowest BCUT2D eigenvalue weighted by Crippen LogP contribution is -2.50. The van der Waals surface area contributed by atoms with Crippen LogP contribution in [0.15, 0.2) is 0 Å². The van der Waals surface area contributed by atoms with Crippen molar-refractivity contribution < 1.29 is 14.3 Å². The first kappa shape index (κ1) is 17.4. The lowest BCUT2D eigenvalue weighted by molar-refractivity contribution is -0.128. The molecule has 2 saturated heterocycles. The summed E-state index contributed by atoms with van der Waals surface area (Å²) in [7, 11) is 1.71. The first-order chi connectivity index (χ1) is 11.4. The molecular weight excluding hydrogens is 326 g/mol. The number of hydrogen-bond donors (Lipinski definition) is 0. The fourth-order valence-corrected chi connectivity index (χ4v) is 4.99. The van der Waals surface area contributed by atoms with Crippen molar-refractivity contribution in [3.63, 3.8) is 0 Å². The van der Waals surface area contributed by atoms with Crippen LogP contribution in [-0.4, -0.2) is 66.5 Å². The summed E-state index contributed by atoms with van der Waals surface area (Å²) in [6.45, 7) is 8.92. The van der Waals surface area contributed by atoms with Crippen LogP contribution in [0.1, 0.15) is 33.7 Å². The number of rotatable bonds is 3. The summed E-state index contributed by atoms with van der Waals surface area (Å²) in [4.78, 5) is 33.7. The van der Waals surface area contributed by atoms with Crippen LogP contribution in [-0.2, 0) is 9.53 Å². The molecule has 132 valence electrons. The van der Waals surface area contributed by atoms with Gasteiger partial charge >= 0.3 is 0 Å². The highest BCUT2D eigenvalue weighted by molar-refractivity contribution is 7.13. The van der Waals surface area contributed by atoms with Gasteiger partial charge in [0.15, 0.2) is 0 Å². The van der Waals surface area contributed by atoms with Crippen molar-refractivity contribution in [1.29, 1.82) is 0 Å². The molecule has 0 N–H and O–H groups in total. The third-order valence-corrected chi connectivity index (χ3v) is 6.46. The Bertz CT molecular complexity index is 660. The van der Waals surface area contributed by atoms with Gasteiger partial charge in [0.2, 0.25) is 5.91 Å². The van der Waals surface area contributed by atoms with E-state index in [1.54, 1.807) is 14.0 Å². The van der Waals surface area contributed by atoms with E-state index < -0.39 is 0 Å². The first-order valence-electron chi connectivity index (χ1n) is 8.34. The second kappa shape index (κ2) is 6.44. The second-order valence-corrected chi connectivity index (χ2v) is 8.24. The standard InChI is InChI=1S/C17H25N3O3S/c1-11-15(24-12(2)18-11)16(22)19-6-5-17(10-23-4)9-20(13(3)21)8-14(17)7-19/h14H,5-10H2,1-4H3/t14-,17+/m1/s1. The maximum Gasteiger partial charge on any atom is 0.265 e. The minimum atomic E-state index is -0.0180. The van der Waals surface area contributed by atoms with Gasteiger partial charge in [0.25, 0.3) is 5.91 Å². The molecular formula is C17H25N3O3S. The van der Waals surface area contributed by atoms with Gasteiger partial charge in [-0.15, -0.1) is 11.3 Å². The van der Waals surface area contributed by atoms with Gasteiger partial charge in [-0.1, -0.05) is 0 Å². The average molecular weight is 351 g/mol. The van der Waals surface area contributed by atoms with Crippen LogP contribution in [0.3, 0.4) is 0 Å². The fourth-order valence-electron chi connectivity index (χ4n) is 4.10. The lowest BCUT2D eigenvalue weighted by atomic mass is 9.73. The second-order valence-electron chi connectivity index (χ2n) is 7.04. The van der Waals surface area contributed by atoms with Crippen molar-refractivity contribution in [2.24, 2.45) is 11.3 Å². The molecule has 0 spiro atoms. The number of amides is 2. The molecule has 0 unspecified atom stereocenters. The van der Waals surface area contributed by atoms with Crippen molar-refractivity contribution >= 4 is 23.2 Å². The van der Waals surface area contributed by atoms with Crippen LogP contribution in [0.4, 0.5) is 0 Å². The summed E-state index contributed by atoms with van der Waals surface area (Å²) in [6, 6.07) is 0. The summed E-state index contributed by atoms with van der Waals surface area (Å²) in [5.74, 6) is 0.449. The molecule has 0 radical (unpaired) electrons. The molecule has 2 aliphatic rings. The number of carbonyl (C=O) groups excluding carboxylic acids is 2. The van der Waals surface area contributed by atoms with Crippen LogP contribution in [0.25, 0.3) is 0 Å².